The second-order valence-electron chi connectivity index (χ2n) is 8.83. The van der Waals surface area contributed by atoms with Crippen molar-refractivity contribution < 1.29 is 14.4 Å². The van der Waals surface area contributed by atoms with Crippen molar-refractivity contribution in [2.75, 3.05) is 18.0 Å². The molecule has 6 nitrogen and oxygen atoms in total. The number of nitrogens with zero attached hydrogens (tertiary/aromatic N) is 2. The predicted octanol–water partition coefficient (Wildman–Crippen LogP) is 3.50. The molecule has 1 N–H and O–H groups in total. The van der Waals surface area contributed by atoms with Crippen LogP contribution in [-0.2, 0) is 20.9 Å². The van der Waals surface area contributed by atoms with Crippen molar-refractivity contribution >= 4 is 34.2 Å². The molecule has 2 fully saturated rings. The van der Waals surface area contributed by atoms with Crippen molar-refractivity contribution in [2.45, 2.75) is 31.8 Å². The molecule has 33 heavy (non-hydrogen) atoms. The highest BCUT2D eigenvalue weighted by Crippen LogP contribution is 2.30. The number of rotatable bonds is 5. The van der Waals surface area contributed by atoms with Gasteiger partial charge in [0.1, 0.15) is 0 Å². The number of amides is 3. The van der Waals surface area contributed by atoms with E-state index in [1.165, 1.54) is 4.90 Å². The molecule has 0 aromatic heterocycles. The average molecular weight is 442 g/mol. The molecule has 2 saturated heterocycles. The largest absolute Gasteiger partial charge is 0.352 e. The Bertz CT molecular complexity index is 1190. The molecule has 168 valence electrons. The van der Waals surface area contributed by atoms with Crippen molar-refractivity contribution in [3.63, 3.8) is 0 Å². The zero-order valence-electron chi connectivity index (χ0n) is 18.4. The number of nitrogens with one attached hydrogen (secondary N) is 1. The Hall–Kier alpha value is -3.51. The van der Waals surface area contributed by atoms with Crippen molar-refractivity contribution in [3.05, 3.63) is 78.4 Å². The summed E-state index contributed by atoms with van der Waals surface area (Å²) in [6.45, 7) is 1.80. The van der Waals surface area contributed by atoms with Crippen molar-refractivity contribution in [2.24, 2.45) is 5.92 Å². The number of carbonyl (C=O) groups is 3. The van der Waals surface area contributed by atoms with Gasteiger partial charge in [0.25, 0.3) is 5.91 Å². The van der Waals surface area contributed by atoms with Gasteiger partial charge in [-0.2, -0.15) is 0 Å². The SMILES string of the molecule is O=C(NCc1ccccc1)C1CCN([C@H]2CC(=O)N(c3ccc4ccccc4c3)C2=O)CC1. The van der Waals surface area contributed by atoms with Crippen molar-refractivity contribution in [3.8, 4) is 0 Å². The lowest BCUT2D eigenvalue weighted by Gasteiger charge is -2.34. The number of likely N-dealkylation sites (tertiary alicyclic amines) is 1. The summed E-state index contributed by atoms with van der Waals surface area (Å²) < 4.78 is 0. The summed E-state index contributed by atoms with van der Waals surface area (Å²) in [4.78, 5) is 42.0. The fraction of sp³-hybridized carbons (Fsp3) is 0.296. The molecule has 1 atom stereocenters. The third-order valence-electron chi connectivity index (χ3n) is 6.76. The zero-order chi connectivity index (χ0) is 22.8. The third kappa shape index (κ3) is 4.39. The van der Waals surface area contributed by atoms with Crippen LogP contribution in [0.1, 0.15) is 24.8 Å². The van der Waals surface area contributed by atoms with Crippen molar-refractivity contribution in [1.29, 1.82) is 0 Å². The van der Waals surface area contributed by atoms with E-state index in [-0.39, 0.29) is 30.1 Å². The Morgan fingerprint density at radius 1 is 0.879 bits per heavy atom. The lowest BCUT2D eigenvalue weighted by molar-refractivity contribution is -0.127. The minimum absolute atomic E-state index is 0.0603. The highest BCUT2D eigenvalue weighted by atomic mass is 16.2. The van der Waals surface area contributed by atoms with Gasteiger partial charge in [0.15, 0.2) is 0 Å². The van der Waals surface area contributed by atoms with Crippen LogP contribution in [0.2, 0.25) is 0 Å². The average Bonchev–Trinajstić information content (AvgIpc) is 3.16. The van der Waals surface area contributed by atoms with E-state index in [9.17, 15) is 14.4 Å². The number of benzene rings is 3. The molecular formula is C27H27N3O3. The van der Waals surface area contributed by atoms with E-state index in [1.807, 2.05) is 72.8 Å². The molecule has 2 heterocycles. The summed E-state index contributed by atoms with van der Waals surface area (Å²) in [7, 11) is 0. The molecule has 0 spiro atoms. The normalized spacial score (nSPS) is 19.9. The standard InChI is InChI=1S/C27H27N3O3/c31-25-17-24(27(33)30(25)23-11-10-20-8-4-5-9-22(20)16-23)29-14-12-21(13-15-29)26(32)28-18-19-6-2-1-3-7-19/h1-11,16,21,24H,12-15,17-18H2,(H,28,32)/t24-/m0/s1. The Labute approximate surface area is 193 Å². The smallest absolute Gasteiger partial charge is 0.251 e. The Balaban J connectivity index is 1.20. The maximum atomic E-state index is 13.2. The van der Waals surface area contributed by atoms with E-state index in [0.29, 0.717) is 38.2 Å². The van der Waals surface area contributed by atoms with E-state index >= 15 is 0 Å². The second kappa shape index (κ2) is 9.16. The second-order valence-corrected chi connectivity index (χ2v) is 8.83. The Kier molecular flexibility index (Phi) is 5.92. The number of fused-ring (bicyclic) bond motifs is 1. The summed E-state index contributed by atoms with van der Waals surface area (Å²) in [6, 6.07) is 23.0. The van der Waals surface area contributed by atoms with Crippen LogP contribution in [0, 0.1) is 5.92 Å². The maximum Gasteiger partial charge on any atom is 0.251 e. The van der Waals surface area contributed by atoms with Crippen LogP contribution >= 0.6 is 0 Å². The summed E-state index contributed by atoms with van der Waals surface area (Å²) in [5, 5.41) is 5.10. The summed E-state index contributed by atoms with van der Waals surface area (Å²) in [5.41, 5.74) is 1.70. The van der Waals surface area contributed by atoms with Gasteiger partial charge in [-0.25, -0.2) is 4.90 Å². The van der Waals surface area contributed by atoms with Crippen LogP contribution in [0.4, 0.5) is 5.69 Å². The fourth-order valence-electron chi connectivity index (χ4n) is 4.89. The predicted molar refractivity (Wildman–Crippen MR) is 127 cm³/mol. The number of piperidine rings is 1. The number of hydrogen-bond acceptors (Lipinski definition) is 4. The first-order valence-corrected chi connectivity index (χ1v) is 11.5. The number of hydrogen-bond donors (Lipinski definition) is 1. The van der Waals surface area contributed by atoms with E-state index in [4.69, 9.17) is 0 Å². The summed E-state index contributed by atoms with van der Waals surface area (Å²) >= 11 is 0. The quantitative estimate of drug-likeness (QED) is 0.616. The number of anilines is 1. The van der Waals surface area contributed by atoms with Crippen LogP contribution in [-0.4, -0.2) is 41.8 Å². The maximum absolute atomic E-state index is 13.2. The summed E-state index contributed by atoms with van der Waals surface area (Å²) in [5.74, 6) is -0.329. The molecule has 0 aliphatic carbocycles. The molecular weight excluding hydrogens is 414 g/mol. The molecule has 2 aliphatic heterocycles. The van der Waals surface area contributed by atoms with E-state index in [2.05, 4.69) is 10.2 Å². The fourth-order valence-corrected chi connectivity index (χ4v) is 4.89. The van der Waals surface area contributed by atoms with Gasteiger partial charge in [0, 0.05) is 12.5 Å². The Morgan fingerprint density at radius 3 is 2.33 bits per heavy atom. The molecule has 0 unspecified atom stereocenters. The topological polar surface area (TPSA) is 69.7 Å². The lowest BCUT2D eigenvalue weighted by Crippen LogP contribution is -2.48. The first-order chi connectivity index (χ1) is 16.1. The zero-order valence-corrected chi connectivity index (χ0v) is 18.4. The van der Waals surface area contributed by atoms with Crippen molar-refractivity contribution in [1.82, 2.24) is 10.2 Å². The third-order valence-corrected chi connectivity index (χ3v) is 6.76. The van der Waals surface area contributed by atoms with Gasteiger partial charge >= 0.3 is 0 Å². The van der Waals surface area contributed by atoms with Gasteiger partial charge in [-0.05, 0) is 54.4 Å². The molecule has 6 heteroatoms. The van der Waals surface area contributed by atoms with Crippen LogP contribution in [0.15, 0.2) is 72.8 Å². The van der Waals surface area contributed by atoms with Gasteiger partial charge in [-0.3, -0.25) is 19.3 Å². The van der Waals surface area contributed by atoms with Crippen LogP contribution in [0.25, 0.3) is 10.8 Å². The van der Waals surface area contributed by atoms with E-state index in [0.717, 1.165) is 16.3 Å². The first-order valence-electron chi connectivity index (χ1n) is 11.5. The van der Waals surface area contributed by atoms with E-state index in [1.54, 1.807) is 0 Å². The van der Waals surface area contributed by atoms with E-state index < -0.39 is 6.04 Å². The first kappa shape index (κ1) is 21.3. The minimum Gasteiger partial charge on any atom is -0.352 e. The molecule has 0 radical (unpaired) electrons. The molecule has 3 aromatic rings. The minimum atomic E-state index is -0.447. The molecule has 0 bridgehead atoms. The molecule has 2 aliphatic rings. The van der Waals surface area contributed by atoms with Crippen LogP contribution in [0.3, 0.4) is 0 Å². The van der Waals surface area contributed by atoms with Crippen LogP contribution in [0.5, 0.6) is 0 Å². The summed E-state index contributed by atoms with van der Waals surface area (Å²) in [6.07, 6.45) is 1.57. The van der Waals surface area contributed by atoms with Crippen LogP contribution < -0.4 is 10.2 Å². The lowest BCUT2D eigenvalue weighted by atomic mass is 9.94. The monoisotopic (exact) mass is 441 g/mol. The van der Waals surface area contributed by atoms with Gasteiger partial charge in [-0.15, -0.1) is 0 Å². The molecule has 3 amide bonds. The molecule has 5 rings (SSSR count). The molecule has 0 saturated carbocycles. The number of imide groups is 1. The van der Waals surface area contributed by atoms with Gasteiger partial charge < -0.3 is 5.32 Å². The number of carbonyl (C=O) groups excluding carboxylic acids is 3. The van der Waals surface area contributed by atoms with Gasteiger partial charge in [-0.1, -0.05) is 60.7 Å². The van der Waals surface area contributed by atoms with Gasteiger partial charge in [0.05, 0.1) is 18.2 Å². The molecule has 3 aromatic carbocycles. The Morgan fingerprint density at radius 2 is 1.58 bits per heavy atom. The van der Waals surface area contributed by atoms with Gasteiger partial charge in [0.2, 0.25) is 11.8 Å². The highest BCUT2D eigenvalue weighted by molar-refractivity contribution is 6.22. The highest BCUT2D eigenvalue weighted by Gasteiger charge is 2.43.